The first-order valence-electron chi connectivity index (χ1n) is 9.18. The number of nitrogens with zero attached hydrogens (tertiary/aromatic N) is 1. The van der Waals surface area contributed by atoms with Gasteiger partial charge >= 0.3 is 0 Å². The highest BCUT2D eigenvalue weighted by molar-refractivity contribution is 7.89. The van der Waals surface area contributed by atoms with E-state index in [1.165, 1.54) is 4.31 Å². The normalized spacial score (nSPS) is 15.6. The van der Waals surface area contributed by atoms with Crippen LogP contribution in [0.4, 0.5) is 0 Å². The number of hydrogen-bond acceptors (Lipinski definition) is 3. The monoisotopic (exact) mass is 416 g/mol. The fourth-order valence-corrected chi connectivity index (χ4v) is 5.13. The Hall–Kier alpha value is -2.28. The summed E-state index contributed by atoms with van der Waals surface area (Å²) in [6.07, 6.45) is 4.58. The number of fused-ring (bicyclic) bond motifs is 1. The zero-order valence-corrected chi connectivity index (χ0v) is 17.1. The van der Waals surface area contributed by atoms with Crippen LogP contribution in [0.3, 0.4) is 0 Å². The Morgan fingerprint density at radius 3 is 2.64 bits per heavy atom. The van der Waals surface area contributed by atoms with E-state index in [0.29, 0.717) is 36.9 Å². The van der Waals surface area contributed by atoms with Gasteiger partial charge in [-0.2, -0.15) is 4.31 Å². The average Bonchev–Trinajstić information content (AvgIpc) is 3.14. The summed E-state index contributed by atoms with van der Waals surface area (Å²) in [5.41, 5.74) is 3.12. The zero-order chi connectivity index (χ0) is 19.7. The molecule has 0 bridgehead atoms. The molecule has 0 atom stereocenters. The van der Waals surface area contributed by atoms with Crippen molar-refractivity contribution in [2.75, 3.05) is 19.7 Å². The van der Waals surface area contributed by atoms with Crippen molar-refractivity contribution in [2.45, 2.75) is 18.2 Å². The minimum atomic E-state index is -3.53. The molecule has 0 spiro atoms. The number of ether oxygens (including phenoxy) is 1. The first-order chi connectivity index (χ1) is 13.5. The molecule has 28 heavy (non-hydrogen) atoms. The maximum Gasteiger partial charge on any atom is 0.243 e. The number of sulfonamides is 1. The van der Waals surface area contributed by atoms with Crippen molar-refractivity contribution in [2.24, 2.45) is 0 Å². The highest BCUT2D eigenvalue weighted by Gasteiger charge is 2.27. The van der Waals surface area contributed by atoms with Gasteiger partial charge < -0.3 is 9.72 Å². The van der Waals surface area contributed by atoms with Gasteiger partial charge in [0.15, 0.2) is 0 Å². The lowest BCUT2D eigenvalue weighted by Gasteiger charge is -2.26. The van der Waals surface area contributed by atoms with Gasteiger partial charge in [0, 0.05) is 30.2 Å². The van der Waals surface area contributed by atoms with E-state index in [4.69, 9.17) is 16.3 Å². The molecule has 7 heteroatoms. The Morgan fingerprint density at radius 1 is 1.18 bits per heavy atom. The van der Waals surface area contributed by atoms with Gasteiger partial charge in [-0.25, -0.2) is 8.42 Å². The second-order valence-electron chi connectivity index (χ2n) is 6.61. The molecule has 3 aromatic rings. The van der Waals surface area contributed by atoms with Gasteiger partial charge in [0.05, 0.1) is 22.0 Å². The lowest BCUT2D eigenvalue weighted by Crippen LogP contribution is -2.34. The van der Waals surface area contributed by atoms with Crippen LogP contribution in [0.15, 0.2) is 59.6 Å². The summed E-state index contributed by atoms with van der Waals surface area (Å²) in [5.74, 6) is 0.667. The maximum absolute atomic E-state index is 12.9. The lowest BCUT2D eigenvalue weighted by atomic mass is 10.00. The molecular formula is C21H21ClN2O3S. The first kappa shape index (κ1) is 19.1. The largest absolute Gasteiger partial charge is 0.494 e. The standard InChI is InChI=1S/C21H21ClN2O3S/c1-2-27-16-6-8-17(9-7-16)28(25,26)24-12-10-15(11-13-24)19-14-23-21-18(19)4-3-5-20(21)22/h3-10,14,23H,2,11-13H2,1H3. The molecule has 1 aliphatic heterocycles. The quantitative estimate of drug-likeness (QED) is 0.655. The number of aromatic nitrogens is 1. The topological polar surface area (TPSA) is 62.4 Å². The van der Waals surface area contributed by atoms with E-state index >= 15 is 0 Å². The van der Waals surface area contributed by atoms with Crippen LogP contribution >= 0.6 is 11.6 Å². The molecule has 0 saturated heterocycles. The fourth-order valence-electron chi connectivity index (χ4n) is 3.52. The van der Waals surface area contributed by atoms with Crippen molar-refractivity contribution in [3.63, 3.8) is 0 Å². The molecule has 1 aliphatic rings. The molecule has 4 rings (SSSR count). The van der Waals surface area contributed by atoms with Crippen molar-refractivity contribution >= 4 is 38.1 Å². The zero-order valence-electron chi connectivity index (χ0n) is 15.5. The van der Waals surface area contributed by atoms with Gasteiger partial charge in [-0.05, 0) is 49.2 Å². The van der Waals surface area contributed by atoms with Crippen LogP contribution in [0.25, 0.3) is 16.5 Å². The van der Waals surface area contributed by atoms with Crippen molar-refractivity contribution in [1.82, 2.24) is 9.29 Å². The summed E-state index contributed by atoms with van der Waals surface area (Å²) in [7, 11) is -3.53. The predicted octanol–water partition coefficient (Wildman–Crippen LogP) is 4.70. The molecule has 1 N–H and O–H groups in total. The molecule has 1 aromatic heterocycles. The number of nitrogens with one attached hydrogen (secondary N) is 1. The Kier molecular flexibility index (Phi) is 5.19. The third kappa shape index (κ3) is 3.43. The highest BCUT2D eigenvalue weighted by atomic mass is 35.5. The summed E-state index contributed by atoms with van der Waals surface area (Å²) in [5, 5.41) is 1.74. The van der Waals surface area contributed by atoms with Gasteiger partial charge in [-0.3, -0.25) is 0 Å². The van der Waals surface area contributed by atoms with Crippen LogP contribution in [-0.4, -0.2) is 37.4 Å². The Morgan fingerprint density at radius 2 is 1.96 bits per heavy atom. The average molecular weight is 417 g/mol. The number of hydrogen-bond donors (Lipinski definition) is 1. The van der Waals surface area contributed by atoms with Crippen LogP contribution in [0.1, 0.15) is 18.9 Å². The van der Waals surface area contributed by atoms with E-state index in [1.54, 1.807) is 24.3 Å². The third-order valence-electron chi connectivity index (χ3n) is 4.95. The molecule has 0 amide bonds. The molecule has 146 valence electrons. The van der Waals surface area contributed by atoms with Crippen molar-refractivity contribution < 1.29 is 13.2 Å². The number of rotatable bonds is 5. The van der Waals surface area contributed by atoms with E-state index < -0.39 is 10.0 Å². The summed E-state index contributed by atoms with van der Waals surface area (Å²) < 4.78 is 32.8. The molecule has 0 unspecified atom stereocenters. The van der Waals surface area contributed by atoms with E-state index in [9.17, 15) is 8.42 Å². The molecule has 0 radical (unpaired) electrons. The van der Waals surface area contributed by atoms with Gasteiger partial charge in [-0.1, -0.05) is 29.8 Å². The Bertz CT molecular complexity index is 1130. The lowest BCUT2D eigenvalue weighted by molar-refractivity contribution is 0.340. The minimum Gasteiger partial charge on any atom is -0.494 e. The maximum atomic E-state index is 12.9. The third-order valence-corrected chi connectivity index (χ3v) is 7.15. The smallest absolute Gasteiger partial charge is 0.243 e. The summed E-state index contributed by atoms with van der Waals surface area (Å²) in [4.78, 5) is 3.50. The van der Waals surface area contributed by atoms with Gasteiger partial charge in [0.2, 0.25) is 10.0 Å². The van der Waals surface area contributed by atoms with Crippen LogP contribution in [0.5, 0.6) is 5.75 Å². The SMILES string of the molecule is CCOc1ccc(S(=O)(=O)N2CC=C(c3c[nH]c4c(Cl)cccc34)CC2)cc1. The molecule has 0 saturated carbocycles. The number of benzene rings is 2. The predicted molar refractivity (Wildman–Crippen MR) is 112 cm³/mol. The molecule has 5 nitrogen and oxygen atoms in total. The van der Waals surface area contributed by atoms with Crippen molar-refractivity contribution in [3.05, 3.63) is 65.3 Å². The Balaban J connectivity index is 1.56. The van der Waals surface area contributed by atoms with Gasteiger partial charge in [0.1, 0.15) is 5.75 Å². The number of aromatic amines is 1. The summed E-state index contributed by atoms with van der Waals surface area (Å²) in [6.45, 7) is 3.22. The van der Waals surface area contributed by atoms with Gasteiger partial charge in [-0.15, -0.1) is 0 Å². The molecule has 0 fully saturated rings. The van der Waals surface area contributed by atoms with Crippen molar-refractivity contribution in [1.29, 1.82) is 0 Å². The fraction of sp³-hybridized carbons (Fsp3) is 0.238. The molecule has 2 heterocycles. The van der Waals surface area contributed by atoms with Gasteiger partial charge in [0.25, 0.3) is 0 Å². The van der Waals surface area contributed by atoms with E-state index in [1.807, 2.05) is 37.4 Å². The van der Waals surface area contributed by atoms with Crippen LogP contribution < -0.4 is 4.74 Å². The Labute approximate surface area is 169 Å². The number of para-hydroxylation sites is 1. The second kappa shape index (κ2) is 7.62. The van der Waals surface area contributed by atoms with Crippen molar-refractivity contribution in [3.8, 4) is 5.75 Å². The van der Waals surface area contributed by atoms with Crippen LogP contribution in [-0.2, 0) is 10.0 Å². The minimum absolute atomic E-state index is 0.284. The van der Waals surface area contributed by atoms with E-state index in [2.05, 4.69) is 4.98 Å². The molecular weight excluding hydrogens is 396 g/mol. The van der Waals surface area contributed by atoms with E-state index in [-0.39, 0.29) is 4.90 Å². The number of halogens is 1. The highest BCUT2D eigenvalue weighted by Crippen LogP contribution is 2.33. The van der Waals surface area contributed by atoms with Crippen LogP contribution in [0.2, 0.25) is 5.02 Å². The molecule has 0 aliphatic carbocycles. The second-order valence-corrected chi connectivity index (χ2v) is 8.96. The van der Waals surface area contributed by atoms with E-state index in [0.717, 1.165) is 22.0 Å². The van der Waals surface area contributed by atoms with Crippen LogP contribution in [0, 0.1) is 0 Å². The number of H-pyrrole nitrogens is 1. The molecule has 2 aromatic carbocycles. The summed E-state index contributed by atoms with van der Waals surface area (Å²) >= 11 is 6.24. The summed E-state index contributed by atoms with van der Waals surface area (Å²) in [6, 6.07) is 12.4. The first-order valence-corrected chi connectivity index (χ1v) is 11.0.